The molecule has 1 aliphatic rings. The van der Waals surface area contributed by atoms with Crippen LogP contribution in [0.15, 0.2) is 48.5 Å². The fourth-order valence-corrected chi connectivity index (χ4v) is 3.30. The maximum absolute atomic E-state index is 12.9. The van der Waals surface area contributed by atoms with Crippen LogP contribution in [0.4, 0.5) is 5.69 Å². The van der Waals surface area contributed by atoms with E-state index in [1.165, 1.54) is 0 Å². The van der Waals surface area contributed by atoms with E-state index in [2.05, 4.69) is 29.2 Å². The third kappa shape index (κ3) is 5.88. The monoisotopic (exact) mass is 402 g/mol. The van der Waals surface area contributed by atoms with Crippen molar-refractivity contribution in [2.45, 2.75) is 25.5 Å². The lowest BCUT2D eigenvalue weighted by Gasteiger charge is -2.26. The van der Waals surface area contributed by atoms with Gasteiger partial charge in [-0.25, -0.2) is 0 Å². The predicted octanol–water partition coefficient (Wildman–Crippen LogP) is 3.99. The van der Waals surface area contributed by atoms with Gasteiger partial charge in [0.05, 0.1) is 6.10 Å². The topological polar surface area (TPSA) is 42.0 Å². The lowest BCUT2D eigenvalue weighted by molar-refractivity contribution is -0.135. The van der Waals surface area contributed by atoms with Crippen molar-refractivity contribution >= 4 is 23.2 Å². The minimum Gasteiger partial charge on any atom is -0.484 e. The van der Waals surface area contributed by atoms with Gasteiger partial charge >= 0.3 is 0 Å². The highest BCUT2D eigenvalue weighted by Crippen LogP contribution is 2.19. The molecule has 2 aromatic carbocycles. The number of halogens is 1. The maximum Gasteiger partial charge on any atom is 0.260 e. The van der Waals surface area contributed by atoms with Crippen molar-refractivity contribution in [2.24, 2.45) is 0 Å². The number of nitrogens with zero attached hydrogens (tertiary/aromatic N) is 2. The molecule has 0 N–H and O–H groups in total. The molecular formula is C22H27ClN2O3. The summed E-state index contributed by atoms with van der Waals surface area (Å²) in [4.78, 5) is 16.7. The van der Waals surface area contributed by atoms with Gasteiger partial charge in [-0.3, -0.25) is 4.79 Å². The highest BCUT2D eigenvalue weighted by molar-refractivity contribution is 6.30. The number of benzene rings is 2. The molecular weight excluding hydrogens is 376 g/mol. The molecule has 1 amide bonds. The van der Waals surface area contributed by atoms with Crippen LogP contribution in [0.3, 0.4) is 0 Å². The molecule has 0 aromatic heterocycles. The first-order chi connectivity index (χ1) is 13.5. The fraction of sp³-hybridized carbons (Fsp3) is 0.409. The van der Waals surface area contributed by atoms with Crippen LogP contribution in [0, 0.1) is 0 Å². The maximum atomic E-state index is 12.9. The van der Waals surface area contributed by atoms with Crippen molar-refractivity contribution in [2.75, 3.05) is 38.8 Å². The summed E-state index contributed by atoms with van der Waals surface area (Å²) in [5.41, 5.74) is 2.22. The predicted molar refractivity (Wildman–Crippen MR) is 112 cm³/mol. The number of amides is 1. The lowest BCUT2D eigenvalue weighted by Crippen LogP contribution is -2.39. The van der Waals surface area contributed by atoms with Crippen LogP contribution in [0.5, 0.6) is 5.75 Å². The van der Waals surface area contributed by atoms with Gasteiger partial charge in [-0.15, -0.1) is 0 Å². The second-order valence-corrected chi connectivity index (χ2v) is 7.65. The largest absolute Gasteiger partial charge is 0.484 e. The first-order valence-electron chi connectivity index (χ1n) is 9.55. The highest BCUT2D eigenvalue weighted by Gasteiger charge is 2.23. The normalized spacial score (nSPS) is 16.0. The van der Waals surface area contributed by atoms with Crippen molar-refractivity contribution in [1.82, 2.24) is 4.90 Å². The van der Waals surface area contributed by atoms with Gasteiger partial charge in [0.15, 0.2) is 6.61 Å². The van der Waals surface area contributed by atoms with Gasteiger partial charge in [0, 0.05) is 44.5 Å². The molecule has 150 valence electrons. The first kappa shape index (κ1) is 20.5. The van der Waals surface area contributed by atoms with Crippen molar-refractivity contribution in [3.8, 4) is 5.75 Å². The smallest absolute Gasteiger partial charge is 0.260 e. The van der Waals surface area contributed by atoms with Crippen molar-refractivity contribution < 1.29 is 14.3 Å². The van der Waals surface area contributed by atoms with E-state index in [4.69, 9.17) is 21.1 Å². The Bertz CT molecular complexity index is 756. The van der Waals surface area contributed by atoms with E-state index in [0.717, 1.165) is 30.7 Å². The van der Waals surface area contributed by atoms with Crippen LogP contribution < -0.4 is 9.64 Å². The molecule has 5 nitrogen and oxygen atoms in total. The Morgan fingerprint density at radius 2 is 1.86 bits per heavy atom. The summed E-state index contributed by atoms with van der Waals surface area (Å²) in [6.07, 6.45) is 2.13. The summed E-state index contributed by atoms with van der Waals surface area (Å²) in [6, 6.07) is 15.3. The third-order valence-corrected chi connectivity index (χ3v) is 5.05. The van der Waals surface area contributed by atoms with E-state index in [1.54, 1.807) is 24.3 Å². The zero-order valence-electron chi connectivity index (χ0n) is 16.4. The third-order valence-electron chi connectivity index (χ3n) is 4.80. The number of anilines is 1. The van der Waals surface area contributed by atoms with Gasteiger partial charge in [0.2, 0.25) is 0 Å². The molecule has 0 spiro atoms. The molecule has 0 bridgehead atoms. The minimum absolute atomic E-state index is 0.00979. The van der Waals surface area contributed by atoms with Gasteiger partial charge in [-0.05, 0) is 54.8 Å². The molecule has 2 aromatic rings. The Labute approximate surface area is 171 Å². The average molecular weight is 403 g/mol. The van der Waals surface area contributed by atoms with E-state index >= 15 is 0 Å². The molecule has 1 aliphatic heterocycles. The number of hydrogen-bond acceptors (Lipinski definition) is 4. The van der Waals surface area contributed by atoms with Crippen LogP contribution in [0.1, 0.15) is 18.4 Å². The molecule has 1 fully saturated rings. The minimum atomic E-state index is -0.0536. The Kier molecular flexibility index (Phi) is 7.18. The van der Waals surface area contributed by atoms with Crippen molar-refractivity contribution in [1.29, 1.82) is 0 Å². The first-order valence-corrected chi connectivity index (χ1v) is 9.93. The zero-order chi connectivity index (χ0) is 19.9. The second-order valence-electron chi connectivity index (χ2n) is 7.21. The number of hydrogen-bond donors (Lipinski definition) is 0. The van der Waals surface area contributed by atoms with Gasteiger partial charge in [-0.2, -0.15) is 0 Å². The summed E-state index contributed by atoms with van der Waals surface area (Å²) >= 11 is 5.89. The molecule has 1 atom stereocenters. The van der Waals surface area contributed by atoms with Crippen molar-refractivity contribution in [3.63, 3.8) is 0 Å². The Hall–Kier alpha value is -2.24. The van der Waals surface area contributed by atoms with Crippen LogP contribution in [-0.4, -0.2) is 50.8 Å². The lowest BCUT2D eigenvalue weighted by atomic mass is 10.1. The molecule has 0 unspecified atom stereocenters. The van der Waals surface area contributed by atoms with E-state index in [-0.39, 0.29) is 18.6 Å². The van der Waals surface area contributed by atoms with Crippen LogP contribution in [-0.2, 0) is 16.1 Å². The number of ether oxygens (including phenoxy) is 2. The van der Waals surface area contributed by atoms with E-state index in [9.17, 15) is 4.79 Å². The van der Waals surface area contributed by atoms with Crippen molar-refractivity contribution in [3.05, 3.63) is 59.1 Å². The molecule has 1 saturated heterocycles. The number of carbonyl (C=O) groups excluding carboxylic acids is 1. The van der Waals surface area contributed by atoms with E-state index in [1.807, 2.05) is 19.0 Å². The van der Waals surface area contributed by atoms with Crippen LogP contribution in [0.25, 0.3) is 0 Å². The van der Waals surface area contributed by atoms with Gasteiger partial charge in [-0.1, -0.05) is 23.7 Å². The molecule has 1 heterocycles. The molecule has 0 aliphatic carbocycles. The summed E-state index contributed by atoms with van der Waals surface area (Å²) in [7, 11) is 4.02. The Morgan fingerprint density at radius 3 is 2.46 bits per heavy atom. The standard InChI is InChI=1S/C22H27ClN2O3/c1-24(2)19-9-5-17(6-10-19)14-25(15-21-4-3-13-27-21)22(26)16-28-20-11-7-18(23)8-12-20/h5-12,21H,3-4,13-16H2,1-2H3/t21-/m0/s1. The average Bonchev–Trinajstić information content (AvgIpc) is 3.20. The van der Waals surface area contributed by atoms with Gasteiger partial charge < -0.3 is 19.3 Å². The summed E-state index contributed by atoms with van der Waals surface area (Å²) in [5, 5.41) is 0.639. The molecule has 6 heteroatoms. The zero-order valence-corrected chi connectivity index (χ0v) is 17.2. The highest BCUT2D eigenvalue weighted by atomic mass is 35.5. The SMILES string of the molecule is CN(C)c1ccc(CN(C[C@@H]2CCCO2)C(=O)COc2ccc(Cl)cc2)cc1. The molecule has 0 saturated carbocycles. The summed E-state index contributed by atoms with van der Waals surface area (Å²) in [6.45, 7) is 1.88. The summed E-state index contributed by atoms with van der Waals surface area (Å²) in [5.74, 6) is 0.576. The van der Waals surface area contributed by atoms with E-state index < -0.39 is 0 Å². The number of rotatable bonds is 8. The summed E-state index contributed by atoms with van der Waals surface area (Å²) < 4.78 is 11.4. The van der Waals surface area contributed by atoms with Gasteiger partial charge in [0.1, 0.15) is 5.75 Å². The molecule has 28 heavy (non-hydrogen) atoms. The second kappa shape index (κ2) is 9.80. The van der Waals surface area contributed by atoms with E-state index in [0.29, 0.717) is 23.9 Å². The molecule has 3 rings (SSSR count). The quantitative estimate of drug-likeness (QED) is 0.669. The van der Waals surface area contributed by atoms with Crippen LogP contribution >= 0.6 is 11.6 Å². The van der Waals surface area contributed by atoms with Crippen LogP contribution in [0.2, 0.25) is 5.02 Å². The van der Waals surface area contributed by atoms with Gasteiger partial charge in [0.25, 0.3) is 5.91 Å². The fourth-order valence-electron chi connectivity index (χ4n) is 3.18. The Morgan fingerprint density at radius 1 is 1.14 bits per heavy atom. The number of carbonyl (C=O) groups is 1. The Balaban J connectivity index is 1.64. The molecule has 0 radical (unpaired) electrons.